The quantitative estimate of drug-likeness (QED) is 0.815. The average molecular weight is 239 g/mol. The Morgan fingerprint density at radius 2 is 1.94 bits per heavy atom. The molecule has 0 bridgehead atoms. The molecule has 2 nitrogen and oxygen atoms in total. The summed E-state index contributed by atoms with van der Waals surface area (Å²) >= 11 is 0. The first kappa shape index (κ1) is 13.4. The SMILES string of the molecule is CCC(CC)C1NCCOC12CCC(C)(C)C2. The molecule has 1 saturated carbocycles. The largest absolute Gasteiger partial charge is 0.372 e. The number of morpholine rings is 1. The van der Waals surface area contributed by atoms with Crippen molar-refractivity contribution in [3.63, 3.8) is 0 Å². The number of nitrogens with one attached hydrogen (secondary N) is 1. The van der Waals surface area contributed by atoms with Gasteiger partial charge in [-0.25, -0.2) is 0 Å². The average Bonchev–Trinajstić information content (AvgIpc) is 2.59. The summed E-state index contributed by atoms with van der Waals surface area (Å²) in [5, 5.41) is 3.77. The molecule has 1 saturated heterocycles. The highest BCUT2D eigenvalue weighted by atomic mass is 16.5. The Morgan fingerprint density at radius 1 is 1.24 bits per heavy atom. The van der Waals surface area contributed by atoms with Gasteiger partial charge in [0, 0.05) is 12.6 Å². The molecule has 2 atom stereocenters. The van der Waals surface area contributed by atoms with Crippen LogP contribution in [-0.4, -0.2) is 24.8 Å². The Hall–Kier alpha value is -0.0800. The lowest BCUT2D eigenvalue weighted by Crippen LogP contribution is -2.60. The molecule has 0 aromatic rings. The van der Waals surface area contributed by atoms with Gasteiger partial charge in [-0.1, -0.05) is 40.5 Å². The van der Waals surface area contributed by atoms with Crippen LogP contribution in [0.1, 0.15) is 59.8 Å². The van der Waals surface area contributed by atoms with Crippen LogP contribution < -0.4 is 5.32 Å². The van der Waals surface area contributed by atoms with Crippen LogP contribution >= 0.6 is 0 Å². The van der Waals surface area contributed by atoms with Gasteiger partial charge in [0.05, 0.1) is 12.2 Å². The molecule has 1 heterocycles. The lowest BCUT2D eigenvalue weighted by molar-refractivity contribution is -0.112. The monoisotopic (exact) mass is 239 g/mol. The highest BCUT2D eigenvalue weighted by Crippen LogP contribution is 2.49. The Balaban J connectivity index is 2.17. The van der Waals surface area contributed by atoms with Crippen molar-refractivity contribution in [3.05, 3.63) is 0 Å². The fourth-order valence-corrected chi connectivity index (χ4v) is 4.03. The van der Waals surface area contributed by atoms with E-state index in [1.54, 1.807) is 0 Å². The number of rotatable bonds is 3. The molecule has 100 valence electrons. The van der Waals surface area contributed by atoms with E-state index in [1.807, 2.05) is 0 Å². The highest BCUT2D eigenvalue weighted by molar-refractivity contribution is 5.06. The van der Waals surface area contributed by atoms with Crippen LogP contribution in [0.5, 0.6) is 0 Å². The van der Waals surface area contributed by atoms with Gasteiger partial charge in [0.2, 0.25) is 0 Å². The van der Waals surface area contributed by atoms with Gasteiger partial charge in [-0.15, -0.1) is 0 Å². The maximum atomic E-state index is 6.30. The van der Waals surface area contributed by atoms with E-state index in [2.05, 4.69) is 33.0 Å². The Labute approximate surface area is 107 Å². The van der Waals surface area contributed by atoms with Crippen molar-refractivity contribution in [1.29, 1.82) is 0 Å². The molecule has 0 aromatic carbocycles. The van der Waals surface area contributed by atoms with E-state index >= 15 is 0 Å². The molecule has 2 aliphatic rings. The molecule has 0 aromatic heterocycles. The zero-order chi connectivity index (χ0) is 12.5. The summed E-state index contributed by atoms with van der Waals surface area (Å²) in [5.74, 6) is 0.768. The van der Waals surface area contributed by atoms with Gasteiger partial charge in [0.25, 0.3) is 0 Å². The highest BCUT2D eigenvalue weighted by Gasteiger charge is 2.51. The third kappa shape index (κ3) is 2.53. The molecule has 1 spiro atoms. The van der Waals surface area contributed by atoms with Crippen LogP contribution in [-0.2, 0) is 4.74 Å². The van der Waals surface area contributed by atoms with E-state index in [0.29, 0.717) is 11.5 Å². The minimum absolute atomic E-state index is 0.137. The molecule has 2 unspecified atom stereocenters. The molecule has 1 aliphatic heterocycles. The second kappa shape index (κ2) is 4.89. The fourth-order valence-electron chi connectivity index (χ4n) is 4.03. The number of ether oxygens (including phenoxy) is 1. The third-order valence-corrected chi connectivity index (χ3v) is 4.95. The van der Waals surface area contributed by atoms with Crippen LogP contribution in [0.25, 0.3) is 0 Å². The lowest BCUT2D eigenvalue weighted by Gasteiger charge is -2.46. The molecule has 2 fully saturated rings. The molecular formula is C15H29NO. The lowest BCUT2D eigenvalue weighted by atomic mass is 9.77. The third-order valence-electron chi connectivity index (χ3n) is 4.95. The molecule has 2 heteroatoms. The minimum Gasteiger partial charge on any atom is -0.372 e. The van der Waals surface area contributed by atoms with Crippen molar-refractivity contribution in [2.45, 2.75) is 71.4 Å². The van der Waals surface area contributed by atoms with Crippen LogP contribution in [0.3, 0.4) is 0 Å². The molecule has 0 amide bonds. The van der Waals surface area contributed by atoms with Crippen molar-refractivity contribution in [2.75, 3.05) is 13.2 Å². The molecule has 17 heavy (non-hydrogen) atoms. The first-order chi connectivity index (χ1) is 8.03. The van der Waals surface area contributed by atoms with Crippen molar-refractivity contribution in [3.8, 4) is 0 Å². The first-order valence-electron chi connectivity index (χ1n) is 7.40. The topological polar surface area (TPSA) is 21.3 Å². The summed E-state index contributed by atoms with van der Waals surface area (Å²) in [7, 11) is 0. The van der Waals surface area contributed by atoms with Crippen molar-refractivity contribution in [1.82, 2.24) is 5.32 Å². The van der Waals surface area contributed by atoms with Gasteiger partial charge in [-0.05, 0) is 30.6 Å². The van der Waals surface area contributed by atoms with Gasteiger partial charge in [-0.2, -0.15) is 0 Å². The van der Waals surface area contributed by atoms with Crippen LogP contribution in [0.2, 0.25) is 0 Å². The molecule has 2 rings (SSSR count). The number of hydrogen-bond donors (Lipinski definition) is 1. The van der Waals surface area contributed by atoms with E-state index in [1.165, 1.54) is 32.1 Å². The Kier molecular flexibility index (Phi) is 3.84. The van der Waals surface area contributed by atoms with E-state index in [4.69, 9.17) is 4.74 Å². The normalized spacial score (nSPS) is 36.9. The van der Waals surface area contributed by atoms with Gasteiger partial charge in [0.15, 0.2) is 0 Å². The van der Waals surface area contributed by atoms with Gasteiger partial charge >= 0.3 is 0 Å². The molecule has 1 N–H and O–H groups in total. The smallest absolute Gasteiger partial charge is 0.0843 e. The van der Waals surface area contributed by atoms with E-state index in [0.717, 1.165) is 19.1 Å². The van der Waals surface area contributed by atoms with Gasteiger partial charge in [0.1, 0.15) is 0 Å². The fraction of sp³-hybridized carbons (Fsp3) is 1.00. The Bertz CT molecular complexity index is 260. The molecular weight excluding hydrogens is 210 g/mol. The van der Waals surface area contributed by atoms with Gasteiger partial charge < -0.3 is 10.1 Å². The zero-order valence-electron chi connectivity index (χ0n) is 12.0. The summed E-state index contributed by atoms with van der Waals surface area (Å²) in [4.78, 5) is 0. The maximum absolute atomic E-state index is 6.30. The summed E-state index contributed by atoms with van der Waals surface area (Å²) in [6.45, 7) is 11.3. The van der Waals surface area contributed by atoms with Crippen molar-refractivity contribution >= 4 is 0 Å². The predicted molar refractivity (Wildman–Crippen MR) is 72.2 cm³/mol. The maximum Gasteiger partial charge on any atom is 0.0843 e. The van der Waals surface area contributed by atoms with Crippen LogP contribution in [0.15, 0.2) is 0 Å². The molecule has 1 aliphatic carbocycles. The van der Waals surface area contributed by atoms with Gasteiger partial charge in [-0.3, -0.25) is 0 Å². The van der Waals surface area contributed by atoms with Crippen molar-refractivity contribution < 1.29 is 4.74 Å². The summed E-state index contributed by atoms with van der Waals surface area (Å²) in [6.07, 6.45) is 6.31. The van der Waals surface area contributed by atoms with E-state index in [9.17, 15) is 0 Å². The van der Waals surface area contributed by atoms with Crippen LogP contribution in [0, 0.1) is 11.3 Å². The van der Waals surface area contributed by atoms with E-state index < -0.39 is 0 Å². The van der Waals surface area contributed by atoms with E-state index in [-0.39, 0.29) is 5.60 Å². The second-order valence-corrected chi connectivity index (χ2v) is 6.76. The standard InChI is InChI=1S/C15H29NO/c1-5-12(6-2)13-15(17-10-9-16-13)8-7-14(3,4)11-15/h12-13,16H,5-11H2,1-4H3. The summed E-state index contributed by atoms with van der Waals surface area (Å²) in [5.41, 5.74) is 0.599. The zero-order valence-corrected chi connectivity index (χ0v) is 12.0. The first-order valence-corrected chi connectivity index (χ1v) is 7.40. The second-order valence-electron chi connectivity index (χ2n) is 6.76. The summed E-state index contributed by atoms with van der Waals surface area (Å²) < 4.78 is 6.30. The van der Waals surface area contributed by atoms with Crippen LogP contribution in [0.4, 0.5) is 0 Å². The Morgan fingerprint density at radius 3 is 2.47 bits per heavy atom. The number of hydrogen-bond acceptors (Lipinski definition) is 2. The summed E-state index contributed by atoms with van der Waals surface area (Å²) in [6, 6.07) is 0.577. The molecule has 0 radical (unpaired) electrons. The van der Waals surface area contributed by atoms with Crippen molar-refractivity contribution in [2.24, 2.45) is 11.3 Å². The predicted octanol–water partition coefficient (Wildman–Crippen LogP) is 3.36. The minimum atomic E-state index is 0.137.